The molecule has 2 aliphatic carbocycles. The third kappa shape index (κ3) is 12.9. The van der Waals surface area contributed by atoms with Crippen LogP contribution in [0.4, 0.5) is 26.3 Å². The van der Waals surface area contributed by atoms with Crippen molar-refractivity contribution < 1.29 is 64.5 Å². The highest BCUT2D eigenvalue weighted by Crippen LogP contribution is 2.63. The van der Waals surface area contributed by atoms with Gasteiger partial charge in [0.2, 0.25) is 0 Å². The molecule has 3 aliphatic rings. The fraction of sp³-hybridized carbons (Fsp3) is 0.783. The molecule has 2 bridgehead atoms. The quantitative estimate of drug-likeness (QED) is 0.0743. The SMILES string of the molecule is CCC(C)(C)C(=O)OC1C2CC3C1OC(=O)C3(C(=O)OC(C(F)(F)F)C(F)(F)F)C2.CCC(C)c1ccc(C(C)(C)C)cc1.CCCCC(CC)COC(=O)C(C)(C)CC. The van der Waals surface area contributed by atoms with Crippen LogP contribution in [0.5, 0.6) is 0 Å². The Morgan fingerprint density at radius 2 is 1.35 bits per heavy atom. The van der Waals surface area contributed by atoms with Crippen molar-refractivity contribution in [1.29, 1.82) is 0 Å². The van der Waals surface area contributed by atoms with E-state index in [1.54, 1.807) is 20.8 Å². The second kappa shape index (κ2) is 20.7. The zero-order valence-electron chi connectivity index (χ0n) is 38.0. The van der Waals surface area contributed by atoms with Gasteiger partial charge in [-0.2, -0.15) is 26.3 Å². The number of unbranched alkanes of at least 4 members (excludes halogenated alkanes) is 1. The Hall–Kier alpha value is -3.32. The van der Waals surface area contributed by atoms with Crippen LogP contribution in [-0.4, -0.2) is 61.1 Å². The number of esters is 4. The molecule has 0 spiro atoms. The highest BCUT2D eigenvalue weighted by molar-refractivity contribution is 6.03. The molecule has 1 aromatic rings. The Kier molecular flexibility index (Phi) is 18.2. The summed E-state index contributed by atoms with van der Waals surface area (Å²) in [5, 5.41) is 0. The van der Waals surface area contributed by atoms with E-state index in [1.807, 2.05) is 20.8 Å². The Labute approximate surface area is 353 Å². The molecule has 60 heavy (non-hydrogen) atoms. The number of alkyl halides is 6. The lowest BCUT2D eigenvalue weighted by Crippen LogP contribution is -2.51. The van der Waals surface area contributed by atoms with E-state index in [9.17, 15) is 45.5 Å². The van der Waals surface area contributed by atoms with Crippen LogP contribution >= 0.6 is 0 Å². The molecule has 1 aliphatic heterocycles. The van der Waals surface area contributed by atoms with Crippen molar-refractivity contribution in [3.8, 4) is 0 Å². The lowest BCUT2D eigenvalue weighted by Gasteiger charge is -2.33. The largest absolute Gasteiger partial charge is 0.465 e. The third-order valence-corrected chi connectivity index (χ3v) is 12.8. The number of ether oxygens (including phenoxy) is 4. The topological polar surface area (TPSA) is 105 Å². The second-order valence-electron chi connectivity index (χ2n) is 19.1. The van der Waals surface area contributed by atoms with Crippen LogP contribution in [0.25, 0.3) is 0 Å². The molecule has 1 heterocycles. The fourth-order valence-electron chi connectivity index (χ4n) is 7.37. The molecule has 2 saturated carbocycles. The van der Waals surface area contributed by atoms with Gasteiger partial charge in [-0.25, -0.2) is 0 Å². The molecule has 0 radical (unpaired) electrons. The average Bonchev–Trinajstić information content (AvgIpc) is 3.78. The summed E-state index contributed by atoms with van der Waals surface area (Å²) in [6, 6.07) is 9.08. The molecule has 7 atom stereocenters. The van der Waals surface area contributed by atoms with Gasteiger partial charge < -0.3 is 18.9 Å². The van der Waals surface area contributed by atoms with Crippen LogP contribution in [0.2, 0.25) is 0 Å². The predicted molar refractivity (Wildman–Crippen MR) is 217 cm³/mol. The molecule has 0 aromatic heterocycles. The fourth-order valence-corrected chi connectivity index (χ4v) is 7.37. The number of carbonyl (C=O) groups is 4. The maximum Gasteiger partial charge on any atom is 0.434 e. The first-order valence-corrected chi connectivity index (χ1v) is 21.5. The molecule has 7 unspecified atom stereocenters. The lowest BCUT2D eigenvalue weighted by atomic mass is 9.73. The van der Waals surface area contributed by atoms with E-state index in [2.05, 4.69) is 77.5 Å². The van der Waals surface area contributed by atoms with E-state index in [0.29, 0.717) is 24.9 Å². The van der Waals surface area contributed by atoms with Gasteiger partial charge in [0.25, 0.3) is 6.10 Å². The Morgan fingerprint density at radius 1 is 0.817 bits per heavy atom. The molecule has 1 saturated heterocycles. The van der Waals surface area contributed by atoms with Crippen molar-refractivity contribution in [2.75, 3.05) is 6.61 Å². The van der Waals surface area contributed by atoms with Gasteiger partial charge in [-0.1, -0.05) is 106 Å². The van der Waals surface area contributed by atoms with Gasteiger partial charge in [0.05, 0.1) is 17.4 Å². The molecular formula is C46H70F6O8. The third-order valence-electron chi connectivity index (χ3n) is 12.8. The summed E-state index contributed by atoms with van der Waals surface area (Å²) in [4.78, 5) is 49.0. The summed E-state index contributed by atoms with van der Waals surface area (Å²) in [5.74, 6) is -4.21. The number of halogens is 6. The van der Waals surface area contributed by atoms with E-state index < -0.39 is 77.7 Å². The van der Waals surface area contributed by atoms with Gasteiger partial charge in [-0.3, -0.25) is 19.2 Å². The van der Waals surface area contributed by atoms with Gasteiger partial charge in [0, 0.05) is 11.8 Å². The second-order valence-corrected chi connectivity index (χ2v) is 19.1. The Bertz CT molecular complexity index is 1560. The highest BCUT2D eigenvalue weighted by atomic mass is 19.4. The smallest absolute Gasteiger partial charge is 0.434 e. The summed E-state index contributed by atoms with van der Waals surface area (Å²) in [6.07, 6.45) is -11.3. The van der Waals surface area contributed by atoms with Crippen LogP contribution < -0.4 is 0 Å². The molecule has 0 amide bonds. The normalized spacial score (nSPS) is 23.4. The van der Waals surface area contributed by atoms with E-state index in [-0.39, 0.29) is 23.2 Å². The number of fused-ring (bicyclic) bond motifs is 1. The highest BCUT2D eigenvalue weighted by Gasteiger charge is 2.76. The standard InChI is InChI=1S/C18H20F6O6.C14H28O2.C14H22/c1-4-15(2,3)12(25)28-9-7-5-8-10(9)29-13(26)16(8,6-7)14(27)30-11(17(19,20)21)18(22,23)24;1-6-9-10-12(7-2)11-16-13(15)14(4,5)8-3;1-6-11(2)12-7-9-13(10-8-12)14(3,4)5/h7-11H,4-6H2,1-3H3;12H,6-11H2,1-5H3;7-11H,6H2,1-5H3. The van der Waals surface area contributed by atoms with Crippen LogP contribution in [0.15, 0.2) is 24.3 Å². The maximum absolute atomic E-state index is 12.8. The van der Waals surface area contributed by atoms with Crippen molar-refractivity contribution in [3.63, 3.8) is 0 Å². The van der Waals surface area contributed by atoms with E-state index in [1.165, 1.54) is 36.8 Å². The minimum atomic E-state index is -5.89. The van der Waals surface area contributed by atoms with Crippen molar-refractivity contribution >= 4 is 23.9 Å². The maximum atomic E-state index is 12.8. The van der Waals surface area contributed by atoms with Crippen LogP contribution in [0.3, 0.4) is 0 Å². The lowest BCUT2D eigenvalue weighted by molar-refractivity contribution is -0.315. The molecule has 3 fully saturated rings. The molecule has 14 heteroatoms. The van der Waals surface area contributed by atoms with E-state index in [0.717, 1.165) is 12.8 Å². The van der Waals surface area contributed by atoms with Crippen molar-refractivity contribution in [2.45, 2.75) is 190 Å². The van der Waals surface area contributed by atoms with Crippen molar-refractivity contribution in [3.05, 3.63) is 35.4 Å². The van der Waals surface area contributed by atoms with Gasteiger partial charge in [-0.05, 0) is 94.6 Å². The zero-order chi connectivity index (χ0) is 46.2. The summed E-state index contributed by atoms with van der Waals surface area (Å²) in [5.41, 5.74) is -0.276. The number of hydrogen-bond acceptors (Lipinski definition) is 8. The molecule has 0 N–H and O–H groups in total. The number of rotatable bonds is 15. The Morgan fingerprint density at radius 3 is 1.80 bits per heavy atom. The van der Waals surface area contributed by atoms with Gasteiger partial charge >= 0.3 is 36.2 Å². The van der Waals surface area contributed by atoms with Crippen molar-refractivity contribution in [1.82, 2.24) is 0 Å². The van der Waals surface area contributed by atoms with Gasteiger partial charge in [-0.15, -0.1) is 0 Å². The van der Waals surface area contributed by atoms with Crippen LogP contribution in [0, 0.1) is 34.0 Å². The summed E-state index contributed by atoms with van der Waals surface area (Å²) >= 11 is 0. The first-order chi connectivity index (χ1) is 27.5. The molecule has 1 aromatic carbocycles. The van der Waals surface area contributed by atoms with E-state index in [4.69, 9.17) is 14.2 Å². The number of carbonyl (C=O) groups excluding carboxylic acids is 4. The van der Waals surface area contributed by atoms with Gasteiger partial charge in [0.15, 0.2) is 5.41 Å². The Balaban J connectivity index is 0.000000348. The van der Waals surface area contributed by atoms with E-state index >= 15 is 0 Å². The molecule has 344 valence electrons. The molecule has 4 rings (SSSR count). The van der Waals surface area contributed by atoms with Crippen LogP contribution in [0.1, 0.15) is 165 Å². The zero-order valence-corrected chi connectivity index (χ0v) is 38.0. The average molecular weight is 865 g/mol. The summed E-state index contributed by atoms with van der Waals surface area (Å²) in [7, 11) is 0. The first-order valence-electron chi connectivity index (χ1n) is 21.5. The van der Waals surface area contributed by atoms with Gasteiger partial charge in [0.1, 0.15) is 12.2 Å². The molecular weight excluding hydrogens is 794 g/mol. The first kappa shape index (κ1) is 52.8. The minimum Gasteiger partial charge on any atom is -0.465 e. The summed E-state index contributed by atoms with van der Waals surface area (Å²) < 4.78 is 96.4. The molecule has 8 nitrogen and oxygen atoms in total. The summed E-state index contributed by atoms with van der Waals surface area (Å²) in [6.45, 7) is 27.2. The van der Waals surface area contributed by atoms with Crippen LogP contribution in [-0.2, 0) is 43.5 Å². The predicted octanol–water partition coefficient (Wildman–Crippen LogP) is 12.0. The number of hydrogen-bond donors (Lipinski definition) is 0. The minimum absolute atomic E-state index is 0.0510. The monoisotopic (exact) mass is 864 g/mol. The number of benzene rings is 1. The van der Waals surface area contributed by atoms with Crippen molar-refractivity contribution in [2.24, 2.45) is 34.0 Å².